The number of carbonyl (C=O) groups is 2. The molecule has 0 radical (unpaired) electrons. The van der Waals surface area contributed by atoms with E-state index in [1.165, 1.54) is 24.0 Å². The van der Waals surface area contributed by atoms with Crippen LogP contribution in [0.25, 0.3) is 0 Å². The number of hydrogen-bond donors (Lipinski definition) is 2. The number of ether oxygens (including phenoxy) is 1. The zero-order chi connectivity index (χ0) is 18.4. The molecule has 1 aliphatic carbocycles. The first kappa shape index (κ1) is 19.2. The Labute approximate surface area is 159 Å². The van der Waals surface area contributed by atoms with E-state index >= 15 is 0 Å². The number of fused-ring (bicyclic) bond motifs is 1. The summed E-state index contributed by atoms with van der Waals surface area (Å²) < 4.78 is 5.43. The number of alkyl halides is 1. The first-order valence-corrected chi connectivity index (χ1v) is 9.96. The van der Waals surface area contributed by atoms with Gasteiger partial charge in [0.2, 0.25) is 11.8 Å². The molecule has 0 aromatic heterocycles. The topological polar surface area (TPSA) is 67.4 Å². The van der Waals surface area contributed by atoms with Crippen molar-refractivity contribution in [2.75, 3.05) is 25.6 Å². The van der Waals surface area contributed by atoms with E-state index in [0.717, 1.165) is 18.4 Å². The number of aryl methyl sites for hydroxylation is 2. The third-order valence-electron chi connectivity index (χ3n) is 5.38. The van der Waals surface area contributed by atoms with Gasteiger partial charge >= 0.3 is 0 Å². The fraction of sp³-hybridized carbons (Fsp3) is 0.600. The standard InChI is InChI=1S/C20H27ClN2O3/c21-13-19(25)22-14-20(7-9-26-10-8-20)23-18(24)12-15-5-6-16-3-1-2-4-17(16)11-15/h5-6,11H,1-4,7-10,12-14H2,(H,22,25)(H,23,24). The maximum absolute atomic E-state index is 12.7. The molecule has 2 N–H and O–H groups in total. The molecule has 26 heavy (non-hydrogen) atoms. The highest BCUT2D eigenvalue weighted by molar-refractivity contribution is 6.27. The van der Waals surface area contributed by atoms with Crippen molar-refractivity contribution in [3.8, 4) is 0 Å². The van der Waals surface area contributed by atoms with Crippen LogP contribution in [0.4, 0.5) is 0 Å². The second kappa shape index (κ2) is 8.87. The summed E-state index contributed by atoms with van der Waals surface area (Å²) in [5.41, 5.74) is 3.41. The zero-order valence-electron chi connectivity index (χ0n) is 15.1. The van der Waals surface area contributed by atoms with E-state index in [0.29, 0.717) is 39.0 Å². The van der Waals surface area contributed by atoms with Crippen molar-refractivity contribution in [3.05, 3.63) is 34.9 Å². The van der Waals surface area contributed by atoms with Gasteiger partial charge in [0.15, 0.2) is 0 Å². The van der Waals surface area contributed by atoms with Crippen molar-refractivity contribution in [2.24, 2.45) is 0 Å². The Morgan fingerprint density at radius 3 is 2.54 bits per heavy atom. The first-order chi connectivity index (χ1) is 12.6. The van der Waals surface area contributed by atoms with Gasteiger partial charge in [0.05, 0.1) is 12.0 Å². The molecule has 1 saturated heterocycles. The van der Waals surface area contributed by atoms with Crippen molar-refractivity contribution < 1.29 is 14.3 Å². The monoisotopic (exact) mass is 378 g/mol. The Kier molecular flexibility index (Phi) is 6.54. The van der Waals surface area contributed by atoms with Gasteiger partial charge in [-0.15, -0.1) is 11.6 Å². The number of rotatable bonds is 6. The molecule has 0 spiro atoms. The third kappa shape index (κ3) is 4.98. The lowest BCUT2D eigenvalue weighted by molar-refractivity contribution is -0.125. The minimum absolute atomic E-state index is 0.0113. The van der Waals surface area contributed by atoms with Crippen LogP contribution in [0.5, 0.6) is 0 Å². The summed E-state index contributed by atoms with van der Waals surface area (Å²) in [6.07, 6.45) is 6.47. The maximum atomic E-state index is 12.7. The van der Waals surface area contributed by atoms with Crippen LogP contribution < -0.4 is 10.6 Å². The molecule has 6 heteroatoms. The summed E-state index contributed by atoms with van der Waals surface area (Å²) in [7, 11) is 0. The van der Waals surface area contributed by atoms with Gasteiger partial charge in [0.25, 0.3) is 0 Å². The van der Waals surface area contributed by atoms with E-state index in [2.05, 4.69) is 28.8 Å². The van der Waals surface area contributed by atoms with Crippen molar-refractivity contribution in [1.82, 2.24) is 10.6 Å². The molecule has 1 aromatic rings. The predicted octanol–water partition coefficient (Wildman–Crippen LogP) is 2.13. The minimum atomic E-state index is -0.453. The highest BCUT2D eigenvalue weighted by Crippen LogP contribution is 2.23. The largest absolute Gasteiger partial charge is 0.381 e. The average molecular weight is 379 g/mol. The molecule has 0 unspecified atom stereocenters. The SMILES string of the molecule is O=C(CCl)NCC1(NC(=O)Cc2ccc3c(c2)CCCC3)CCOCC1. The normalized spacial score (nSPS) is 18.7. The van der Waals surface area contributed by atoms with Crippen LogP contribution in [0.3, 0.4) is 0 Å². The predicted molar refractivity (Wildman–Crippen MR) is 101 cm³/mol. The van der Waals surface area contributed by atoms with Gasteiger partial charge in [0.1, 0.15) is 5.88 Å². The molecule has 1 aliphatic heterocycles. The molecule has 1 heterocycles. The molecule has 3 rings (SSSR count). The van der Waals surface area contributed by atoms with Gasteiger partial charge in [-0.2, -0.15) is 0 Å². The third-order valence-corrected chi connectivity index (χ3v) is 5.62. The van der Waals surface area contributed by atoms with Crippen LogP contribution in [-0.2, 0) is 33.6 Å². The lowest BCUT2D eigenvalue weighted by Crippen LogP contribution is -2.58. The molecule has 0 saturated carbocycles. The van der Waals surface area contributed by atoms with Crippen molar-refractivity contribution in [3.63, 3.8) is 0 Å². The molecule has 2 aliphatic rings. The maximum Gasteiger partial charge on any atom is 0.235 e. The molecular formula is C20H27ClN2O3. The quantitative estimate of drug-likeness (QED) is 0.745. The van der Waals surface area contributed by atoms with Crippen LogP contribution in [0, 0.1) is 0 Å². The Morgan fingerprint density at radius 1 is 1.08 bits per heavy atom. The Hall–Kier alpha value is -1.59. The highest BCUT2D eigenvalue weighted by Gasteiger charge is 2.34. The van der Waals surface area contributed by atoms with Crippen LogP contribution >= 0.6 is 11.6 Å². The summed E-state index contributed by atoms with van der Waals surface area (Å²) in [4.78, 5) is 24.2. The second-order valence-corrected chi connectivity index (χ2v) is 7.61. The summed E-state index contributed by atoms with van der Waals surface area (Å²) >= 11 is 5.56. The van der Waals surface area contributed by atoms with Gasteiger partial charge in [-0.05, 0) is 55.2 Å². The summed E-state index contributed by atoms with van der Waals surface area (Å²) in [5.74, 6) is -0.306. The lowest BCUT2D eigenvalue weighted by atomic mass is 9.88. The Bertz CT molecular complexity index is 656. The number of amides is 2. The van der Waals surface area contributed by atoms with Crippen LogP contribution in [0.1, 0.15) is 42.4 Å². The number of benzene rings is 1. The van der Waals surface area contributed by atoms with E-state index in [4.69, 9.17) is 16.3 Å². The first-order valence-electron chi connectivity index (χ1n) is 9.42. The highest BCUT2D eigenvalue weighted by atomic mass is 35.5. The van der Waals surface area contributed by atoms with Gasteiger partial charge in [-0.3, -0.25) is 9.59 Å². The molecule has 0 atom stereocenters. The Morgan fingerprint density at radius 2 is 1.81 bits per heavy atom. The molecule has 142 valence electrons. The van der Waals surface area contributed by atoms with Crippen LogP contribution in [0.15, 0.2) is 18.2 Å². The number of nitrogens with one attached hydrogen (secondary N) is 2. The Balaban J connectivity index is 1.63. The average Bonchev–Trinajstić information content (AvgIpc) is 2.66. The molecule has 1 fully saturated rings. The second-order valence-electron chi connectivity index (χ2n) is 7.34. The van der Waals surface area contributed by atoms with Crippen molar-refractivity contribution in [1.29, 1.82) is 0 Å². The fourth-order valence-corrected chi connectivity index (χ4v) is 3.94. The van der Waals surface area contributed by atoms with Crippen LogP contribution in [-0.4, -0.2) is 43.0 Å². The van der Waals surface area contributed by atoms with Crippen molar-refractivity contribution in [2.45, 2.75) is 50.5 Å². The minimum Gasteiger partial charge on any atom is -0.381 e. The summed E-state index contributed by atoms with van der Waals surface area (Å²) in [6.45, 7) is 1.55. The number of hydrogen-bond acceptors (Lipinski definition) is 3. The number of carbonyl (C=O) groups excluding carboxylic acids is 2. The summed E-state index contributed by atoms with van der Waals surface area (Å²) in [6, 6.07) is 6.41. The van der Waals surface area contributed by atoms with Gasteiger partial charge in [-0.25, -0.2) is 0 Å². The molecule has 0 bridgehead atoms. The molecule has 2 amide bonds. The van der Waals surface area contributed by atoms with E-state index in [1.807, 2.05) is 0 Å². The lowest BCUT2D eigenvalue weighted by Gasteiger charge is -2.38. The van der Waals surface area contributed by atoms with E-state index in [9.17, 15) is 9.59 Å². The van der Waals surface area contributed by atoms with Crippen molar-refractivity contribution >= 4 is 23.4 Å². The number of halogens is 1. The van der Waals surface area contributed by atoms with Gasteiger partial charge in [-0.1, -0.05) is 18.2 Å². The van der Waals surface area contributed by atoms with E-state index in [1.54, 1.807) is 0 Å². The molecular weight excluding hydrogens is 352 g/mol. The fourth-order valence-electron chi connectivity index (χ4n) is 3.85. The molecule has 5 nitrogen and oxygen atoms in total. The smallest absolute Gasteiger partial charge is 0.235 e. The van der Waals surface area contributed by atoms with Crippen LogP contribution in [0.2, 0.25) is 0 Å². The van der Waals surface area contributed by atoms with Gasteiger partial charge < -0.3 is 15.4 Å². The van der Waals surface area contributed by atoms with E-state index < -0.39 is 5.54 Å². The zero-order valence-corrected chi connectivity index (χ0v) is 15.9. The van der Waals surface area contributed by atoms with E-state index in [-0.39, 0.29) is 17.7 Å². The van der Waals surface area contributed by atoms with Gasteiger partial charge in [0, 0.05) is 19.8 Å². The summed E-state index contributed by atoms with van der Waals surface area (Å²) in [5, 5.41) is 5.98. The molecule has 1 aromatic carbocycles.